The van der Waals surface area contributed by atoms with Crippen LogP contribution in [0.2, 0.25) is 0 Å². The summed E-state index contributed by atoms with van der Waals surface area (Å²) in [6.07, 6.45) is 1.46. The molecule has 192 valence electrons. The van der Waals surface area contributed by atoms with Crippen molar-refractivity contribution in [3.05, 3.63) is 114 Å². The molecule has 4 rings (SSSR count). The van der Waals surface area contributed by atoms with Gasteiger partial charge in [0.1, 0.15) is 12.4 Å². The number of ether oxygens (including phenoxy) is 3. The van der Waals surface area contributed by atoms with Crippen LogP contribution in [-0.2, 0) is 11.4 Å². The summed E-state index contributed by atoms with van der Waals surface area (Å²) in [4.78, 5) is 23.3. The number of aromatic carboxylic acids is 1. The Bertz CT molecular complexity index is 1400. The number of hydrogen-bond donors (Lipinski definition) is 2. The first kappa shape index (κ1) is 26.0. The minimum atomic E-state index is -0.992. The Kier molecular flexibility index (Phi) is 8.70. The molecule has 0 unspecified atom stereocenters. The van der Waals surface area contributed by atoms with E-state index in [1.165, 1.54) is 25.5 Å². The van der Waals surface area contributed by atoms with E-state index in [9.17, 15) is 9.59 Å². The van der Waals surface area contributed by atoms with E-state index in [0.29, 0.717) is 22.8 Å². The number of carboxylic acids is 1. The molecule has 0 aliphatic rings. The maximum absolute atomic E-state index is 12.2. The quantitative estimate of drug-likeness (QED) is 0.213. The van der Waals surface area contributed by atoms with Crippen LogP contribution < -0.4 is 19.6 Å². The van der Waals surface area contributed by atoms with Gasteiger partial charge in [-0.1, -0.05) is 60.7 Å². The number of benzene rings is 4. The highest BCUT2D eigenvalue weighted by molar-refractivity contribution is 5.88. The Labute approximate surface area is 220 Å². The van der Waals surface area contributed by atoms with Crippen molar-refractivity contribution in [3.8, 4) is 28.4 Å². The van der Waals surface area contributed by atoms with Gasteiger partial charge in [-0.2, -0.15) is 5.10 Å². The predicted molar refractivity (Wildman–Crippen MR) is 144 cm³/mol. The smallest absolute Gasteiger partial charge is 0.335 e. The molecule has 0 fully saturated rings. The van der Waals surface area contributed by atoms with Crippen molar-refractivity contribution in [1.29, 1.82) is 0 Å². The van der Waals surface area contributed by atoms with Crippen LogP contribution in [0.25, 0.3) is 11.1 Å². The molecule has 0 aliphatic heterocycles. The van der Waals surface area contributed by atoms with E-state index in [2.05, 4.69) is 10.5 Å². The van der Waals surface area contributed by atoms with Crippen LogP contribution in [0.1, 0.15) is 21.5 Å². The van der Waals surface area contributed by atoms with Gasteiger partial charge in [0.05, 0.1) is 18.9 Å². The summed E-state index contributed by atoms with van der Waals surface area (Å²) >= 11 is 0. The molecule has 0 aliphatic carbocycles. The summed E-state index contributed by atoms with van der Waals surface area (Å²) < 4.78 is 16.9. The monoisotopic (exact) mass is 510 g/mol. The fourth-order valence-corrected chi connectivity index (χ4v) is 3.58. The molecule has 8 nitrogen and oxygen atoms in total. The Morgan fingerprint density at radius 1 is 0.842 bits per heavy atom. The molecular weight excluding hydrogens is 484 g/mol. The number of rotatable bonds is 11. The molecule has 0 atom stereocenters. The maximum Gasteiger partial charge on any atom is 0.335 e. The highest BCUT2D eigenvalue weighted by atomic mass is 16.5. The largest absolute Gasteiger partial charge is 0.493 e. The van der Waals surface area contributed by atoms with E-state index in [1.807, 2.05) is 54.6 Å². The number of nitrogens with one attached hydrogen (secondary N) is 1. The molecule has 4 aromatic rings. The average molecular weight is 511 g/mol. The van der Waals surface area contributed by atoms with Gasteiger partial charge in [-0.25, -0.2) is 10.2 Å². The zero-order chi connectivity index (χ0) is 26.7. The van der Waals surface area contributed by atoms with Gasteiger partial charge in [-0.3, -0.25) is 4.79 Å². The molecule has 4 aromatic carbocycles. The first-order valence-electron chi connectivity index (χ1n) is 11.8. The Morgan fingerprint density at radius 3 is 2.24 bits per heavy atom. The Balaban J connectivity index is 1.32. The second kappa shape index (κ2) is 12.7. The second-order valence-electron chi connectivity index (χ2n) is 8.14. The molecular formula is C30H26N2O6. The number of amides is 1. The van der Waals surface area contributed by atoms with Gasteiger partial charge in [-0.15, -0.1) is 0 Å². The van der Waals surface area contributed by atoms with Crippen molar-refractivity contribution in [3.63, 3.8) is 0 Å². The van der Waals surface area contributed by atoms with Crippen LogP contribution in [0.3, 0.4) is 0 Å². The zero-order valence-corrected chi connectivity index (χ0v) is 20.7. The van der Waals surface area contributed by atoms with Crippen molar-refractivity contribution in [2.75, 3.05) is 13.7 Å². The van der Waals surface area contributed by atoms with Gasteiger partial charge in [0.15, 0.2) is 18.1 Å². The molecule has 0 bridgehead atoms. The van der Waals surface area contributed by atoms with Crippen molar-refractivity contribution < 1.29 is 28.9 Å². The lowest BCUT2D eigenvalue weighted by molar-refractivity contribution is -0.123. The number of carboxylic acid groups (broad SMARTS) is 1. The number of nitrogens with zero attached hydrogens (tertiary/aromatic N) is 1. The third kappa shape index (κ3) is 6.98. The van der Waals surface area contributed by atoms with E-state index in [1.54, 1.807) is 30.3 Å². The molecule has 2 N–H and O–H groups in total. The fraction of sp³-hybridized carbons (Fsp3) is 0.100. The van der Waals surface area contributed by atoms with Gasteiger partial charge >= 0.3 is 5.97 Å². The number of hydrogen-bond acceptors (Lipinski definition) is 6. The Morgan fingerprint density at radius 2 is 1.55 bits per heavy atom. The summed E-state index contributed by atoms with van der Waals surface area (Å²) in [6, 6.07) is 29.2. The number of methoxy groups -OCH3 is 1. The molecule has 8 heteroatoms. The third-order valence-corrected chi connectivity index (χ3v) is 5.54. The van der Waals surface area contributed by atoms with Crippen molar-refractivity contribution in [2.24, 2.45) is 5.10 Å². The van der Waals surface area contributed by atoms with Gasteiger partial charge < -0.3 is 19.3 Å². The van der Waals surface area contributed by atoms with E-state index in [4.69, 9.17) is 19.3 Å². The van der Waals surface area contributed by atoms with E-state index in [0.717, 1.165) is 16.7 Å². The van der Waals surface area contributed by atoms with Crippen molar-refractivity contribution in [2.45, 2.75) is 6.61 Å². The van der Waals surface area contributed by atoms with E-state index in [-0.39, 0.29) is 18.8 Å². The summed E-state index contributed by atoms with van der Waals surface area (Å²) in [5.41, 5.74) is 6.17. The number of para-hydroxylation sites is 1. The summed E-state index contributed by atoms with van der Waals surface area (Å²) in [7, 11) is 1.52. The topological polar surface area (TPSA) is 106 Å². The summed E-state index contributed by atoms with van der Waals surface area (Å²) in [5.74, 6) is 0.0878. The first-order chi connectivity index (χ1) is 18.5. The van der Waals surface area contributed by atoms with Gasteiger partial charge in [0, 0.05) is 5.56 Å². The fourth-order valence-electron chi connectivity index (χ4n) is 3.58. The normalized spacial score (nSPS) is 10.7. The third-order valence-electron chi connectivity index (χ3n) is 5.54. The predicted octanol–water partition coefficient (Wildman–Crippen LogP) is 5.17. The molecule has 0 radical (unpaired) electrons. The minimum Gasteiger partial charge on any atom is -0.493 e. The second-order valence-corrected chi connectivity index (χ2v) is 8.14. The van der Waals surface area contributed by atoms with E-state index >= 15 is 0 Å². The molecule has 1 amide bonds. The highest BCUT2D eigenvalue weighted by Gasteiger charge is 2.11. The van der Waals surface area contributed by atoms with Gasteiger partial charge in [0.25, 0.3) is 5.91 Å². The molecule has 0 aromatic heterocycles. The van der Waals surface area contributed by atoms with Crippen LogP contribution >= 0.6 is 0 Å². The molecule has 0 heterocycles. The summed E-state index contributed by atoms with van der Waals surface area (Å²) in [5, 5.41) is 13.1. The lowest BCUT2D eigenvalue weighted by Crippen LogP contribution is -2.24. The highest BCUT2D eigenvalue weighted by Crippen LogP contribution is 2.31. The lowest BCUT2D eigenvalue weighted by atomic mass is 10.1. The number of hydrazone groups is 1. The molecule has 0 saturated carbocycles. The van der Waals surface area contributed by atoms with Crippen LogP contribution in [-0.4, -0.2) is 36.9 Å². The standard InChI is InChI=1S/C30H26N2O6/c1-36-27-9-5-8-25(29(27)38-19-21-10-12-24(13-11-21)30(34)35)18-31-32-28(33)20-37-26-16-14-23(15-17-26)22-6-3-2-4-7-22/h2-18H,19-20H2,1H3,(H,32,33)(H,34,35)/b31-18+. The van der Waals surface area contributed by atoms with Gasteiger partial charge in [-0.05, 0) is 53.1 Å². The van der Waals surface area contributed by atoms with Crippen molar-refractivity contribution in [1.82, 2.24) is 5.43 Å². The minimum absolute atomic E-state index is 0.185. The molecule has 0 spiro atoms. The summed E-state index contributed by atoms with van der Waals surface area (Å²) in [6.45, 7) is -0.0137. The molecule has 38 heavy (non-hydrogen) atoms. The van der Waals surface area contributed by atoms with Crippen molar-refractivity contribution >= 4 is 18.1 Å². The lowest BCUT2D eigenvalue weighted by Gasteiger charge is -2.13. The van der Waals surface area contributed by atoms with E-state index < -0.39 is 11.9 Å². The van der Waals surface area contributed by atoms with Crippen LogP contribution in [0.15, 0.2) is 102 Å². The zero-order valence-electron chi connectivity index (χ0n) is 20.7. The first-order valence-corrected chi connectivity index (χ1v) is 11.8. The average Bonchev–Trinajstić information content (AvgIpc) is 2.96. The van der Waals surface area contributed by atoms with Crippen LogP contribution in [0.4, 0.5) is 0 Å². The maximum atomic E-state index is 12.2. The SMILES string of the molecule is COc1cccc(/C=N/NC(=O)COc2ccc(-c3ccccc3)cc2)c1OCc1ccc(C(=O)O)cc1. The Hall–Kier alpha value is -5.11. The number of carbonyl (C=O) groups is 2. The molecule has 0 saturated heterocycles. The number of carbonyl (C=O) groups excluding carboxylic acids is 1. The van der Waals surface area contributed by atoms with Gasteiger partial charge in [0.2, 0.25) is 0 Å². The van der Waals surface area contributed by atoms with Crippen LogP contribution in [0.5, 0.6) is 17.2 Å². The van der Waals surface area contributed by atoms with Crippen LogP contribution in [0, 0.1) is 0 Å².